The Morgan fingerprint density at radius 2 is 2.12 bits per heavy atom. The minimum absolute atomic E-state index is 0.0254. The lowest BCUT2D eigenvalue weighted by Crippen LogP contribution is -2.45. The minimum atomic E-state index is -0.516. The molecular formula is C21H23FN2O2. The standard InChI is InChI=1S/C21H23FN2O2/c1-21(2,3)26-20(25)24-15-6-7-16(24)10-14(9-15)17-11-13-5-4-8-23-19(13)12-18(17)22/h4-5,8-9,11-12,15-16H,6-7,10H2,1-3H3. The maximum absolute atomic E-state index is 14.7. The van der Waals surface area contributed by atoms with Gasteiger partial charge in [0.1, 0.15) is 11.4 Å². The van der Waals surface area contributed by atoms with Gasteiger partial charge in [-0.2, -0.15) is 0 Å². The molecule has 3 heterocycles. The Balaban J connectivity index is 1.66. The fourth-order valence-corrected chi connectivity index (χ4v) is 3.97. The highest BCUT2D eigenvalue weighted by atomic mass is 19.1. The van der Waals surface area contributed by atoms with Crippen molar-refractivity contribution in [1.29, 1.82) is 0 Å². The van der Waals surface area contributed by atoms with E-state index in [9.17, 15) is 9.18 Å². The molecule has 2 unspecified atom stereocenters. The van der Waals surface area contributed by atoms with E-state index in [0.717, 1.165) is 23.8 Å². The summed E-state index contributed by atoms with van der Waals surface area (Å²) in [5.41, 5.74) is 1.73. The van der Waals surface area contributed by atoms with Crippen LogP contribution in [0, 0.1) is 5.82 Å². The number of carbonyl (C=O) groups excluding carboxylic acids is 1. The molecule has 2 aliphatic heterocycles. The molecule has 0 radical (unpaired) electrons. The number of amides is 1. The lowest BCUT2D eigenvalue weighted by atomic mass is 9.93. The fourth-order valence-electron chi connectivity index (χ4n) is 3.97. The van der Waals surface area contributed by atoms with Gasteiger partial charge in [-0.05, 0) is 57.7 Å². The predicted octanol–water partition coefficient (Wildman–Crippen LogP) is 4.93. The molecule has 1 fully saturated rings. The molecule has 26 heavy (non-hydrogen) atoms. The molecule has 5 heteroatoms. The SMILES string of the molecule is CC(C)(C)OC(=O)N1C2C=C(c3cc4cccnc4cc3F)CC1CC2. The van der Waals surface area contributed by atoms with Crippen LogP contribution in [-0.2, 0) is 4.74 Å². The van der Waals surface area contributed by atoms with E-state index in [1.54, 1.807) is 6.20 Å². The van der Waals surface area contributed by atoms with Gasteiger partial charge in [0.2, 0.25) is 0 Å². The van der Waals surface area contributed by atoms with Crippen molar-refractivity contribution in [2.75, 3.05) is 0 Å². The maximum atomic E-state index is 14.7. The molecule has 4 nitrogen and oxygen atoms in total. The zero-order valence-corrected chi connectivity index (χ0v) is 15.3. The highest BCUT2D eigenvalue weighted by molar-refractivity contribution is 5.84. The summed E-state index contributed by atoms with van der Waals surface area (Å²) in [5, 5.41) is 0.923. The summed E-state index contributed by atoms with van der Waals surface area (Å²) in [5.74, 6) is -0.257. The third-order valence-corrected chi connectivity index (χ3v) is 5.04. The van der Waals surface area contributed by atoms with Gasteiger partial charge in [-0.25, -0.2) is 9.18 Å². The Labute approximate surface area is 152 Å². The van der Waals surface area contributed by atoms with Crippen LogP contribution in [0.4, 0.5) is 9.18 Å². The van der Waals surface area contributed by atoms with E-state index in [1.165, 1.54) is 6.07 Å². The van der Waals surface area contributed by atoms with Crippen LogP contribution in [0.15, 0.2) is 36.5 Å². The van der Waals surface area contributed by atoms with Crippen LogP contribution < -0.4 is 0 Å². The Bertz CT molecular complexity index is 901. The molecule has 2 atom stereocenters. The molecule has 2 aromatic rings. The number of benzene rings is 1. The van der Waals surface area contributed by atoms with Crippen LogP contribution in [0.25, 0.3) is 16.5 Å². The monoisotopic (exact) mass is 354 g/mol. The average molecular weight is 354 g/mol. The largest absolute Gasteiger partial charge is 0.444 e. The van der Waals surface area contributed by atoms with Gasteiger partial charge in [0.15, 0.2) is 0 Å². The molecule has 0 spiro atoms. The summed E-state index contributed by atoms with van der Waals surface area (Å²) in [4.78, 5) is 18.6. The van der Waals surface area contributed by atoms with Crippen molar-refractivity contribution in [3.63, 3.8) is 0 Å². The molecule has 1 amide bonds. The van der Waals surface area contributed by atoms with E-state index in [1.807, 2.05) is 49.9 Å². The van der Waals surface area contributed by atoms with Crippen LogP contribution in [0.3, 0.4) is 0 Å². The number of halogens is 1. The second kappa shape index (κ2) is 6.08. The zero-order chi connectivity index (χ0) is 18.5. The second-order valence-electron chi connectivity index (χ2n) is 8.11. The van der Waals surface area contributed by atoms with Gasteiger partial charge < -0.3 is 4.74 Å². The van der Waals surface area contributed by atoms with E-state index >= 15 is 0 Å². The number of carbonyl (C=O) groups is 1. The van der Waals surface area contributed by atoms with Crippen molar-refractivity contribution in [3.05, 3.63) is 47.9 Å². The molecule has 1 saturated heterocycles. The van der Waals surface area contributed by atoms with Crippen LogP contribution in [0.2, 0.25) is 0 Å². The van der Waals surface area contributed by atoms with Gasteiger partial charge in [-0.1, -0.05) is 12.1 Å². The van der Waals surface area contributed by atoms with Gasteiger partial charge >= 0.3 is 6.09 Å². The quantitative estimate of drug-likeness (QED) is 0.729. The first kappa shape index (κ1) is 17.0. The van der Waals surface area contributed by atoms with Gasteiger partial charge in [0.25, 0.3) is 0 Å². The van der Waals surface area contributed by atoms with Gasteiger partial charge in [-0.3, -0.25) is 9.88 Å². The Kier molecular flexibility index (Phi) is 3.98. The lowest BCUT2D eigenvalue weighted by Gasteiger charge is -2.35. The minimum Gasteiger partial charge on any atom is -0.444 e. The number of pyridine rings is 1. The first-order valence-corrected chi connectivity index (χ1v) is 9.08. The number of fused-ring (bicyclic) bond motifs is 3. The summed E-state index contributed by atoms with van der Waals surface area (Å²) in [6.07, 6.45) is 5.89. The van der Waals surface area contributed by atoms with Crippen molar-refractivity contribution < 1.29 is 13.9 Å². The topological polar surface area (TPSA) is 42.4 Å². The van der Waals surface area contributed by atoms with Crippen molar-refractivity contribution in [3.8, 4) is 0 Å². The van der Waals surface area contributed by atoms with Crippen LogP contribution in [0.1, 0.15) is 45.6 Å². The van der Waals surface area contributed by atoms with E-state index < -0.39 is 5.60 Å². The smallest absolute Gasteiger partial charge is 0.411 e. The number of rotatable bonds is 1. The fraction of sp³-hybridized carbons (Fsp3) is 0.429. The highest BCUT2D eigenvalue weighted by Crippen LogP contribution is 2.40. The molecule has 0 saturated carbocycles. The number of nitrogens with zero attached hydrogens (tertiary/aromatic N) is 2. The highest BCUT2D eigenvalue weighted by Gasteiger charge is 2.41. The van der Waals surface area contributed by atoms with Crippen molar-refractivity contribution in [2.24, 2.45) is 0 Å². The normalized spacial score (nSPS) is 22.5. The van der Waals surface area contributed by atoms with Gasteiger partial charge in [-0.15, -0.1) is 0 Å². The van der Waals surface area contributed by atoms with Gasteiger partial charge in [0, 0.05) is 29.3 Å². The Hall–Kier alpha value is -2.43. The first-order valence-electron chi connectivity index (χ1n) is 9.08. The molecule has 4 rings (SSSR count). The van der Waals surface area contributed by atoms with Crippen LogP contribution in [-0.4, -0.2) is 33.7 Å². The molecule has 0 aliphatic carbocycles. The van der Waals surface area contributed by atoms with Crippen LogP contribution >= 0.6 is 0 Å². The number of aromatic nitrogens is 1. The Morgan fingerprint density at radius 3 is 2.85 bits per heavy atom. The number of hydrogen-bond acceptors (Lipinski definition) is 3. The summed E-state index contributed by atoms with van der Waals surface area (Å²) in [6.45, 7) is 5.61. The van der Waals surface area contributed by atoms with Crippen molar-refractivity contribution in [2.45, 2.75) is 57.7 Å². The average Bonchev–Trinajstić information content (AvgIpc) is 2.83. The summed E-state index contributed by atoms with van der Waals surface area (Å²) >= 11 is 0. The summed E-state index contributed by atoms with van der Waals surface area (Å²) < 4.78 is 20.2. The molecule has 2 bridgehead atoms. The van der Waals surface area contributed by atoms with E-state index in [4.69, 9.17) is 4.74 Å². The van der Waals surface area contributed by atoms with Crippen molar-refractivity contribution >= 4 is 22.6 Å². The van der Waals surface area contributed by atoms with E-state index in [2.05, 4.69) is 4.98 Å². The first-order chi connectivity index (χ1) is 12.3. The van der Waals surface area contributed by atoms with Gasteiger partial charge in [0.05, 0.1) is 11.6 Å². The van der Waals surface area contributed by atoms with E-state index in [-0.39, 0.29) is 24.0 Å². The maximum Gasteiger partial charge on any atom is 0.411 e. The third-order valence-electron chi connectivity index (χ3n) is 5.04. The zero-order valence-electron chi connectivity index (χ0n) is 15.3. The number of ether oxygens (including phenoxy) is 1. The van der Waals surface area contributed by atoms with Crippen LogP contribution in [0.5, 0.6) is 0 Å². The summed E-state index contributed by atoms with van der Waals surface area (Å²) in [7, 11) is 0. The molecule has 136 valence electrons. The predicted molar refractivity (Wildman–Crippen MR) is 99.2 cm³/mol. The van der Waals surface area contributed by atoms with E-state index in [0.29, 0.717) is 17.5 Å². The Morgan fingerprint density at radius 1 is 1.31 bits per heavy atom. The summed E-state index contributed by atoms with van der Waals surface area (Å²) in [6, 6.07) is 7.20. The molecule has 1 aromatic carbocycles. The molecule has 0 N–H and O–H groups in total. The second-order valence-corrected chi connectivity index (χ2v) is 8.11. The third kappa shape index (κ3) is 3.06. The molecular weight excluding hydrogens is 331 g/mol. The molecule has 1 aromatic heterocycles. The molecule has 2 aliphatic rings. The lowest BCUT2D eigenvalue weighted by molar-refractivity contribution is 0.0175. The van der Waals surface area contributed by atoms with Crippen molar-refractivity contribution in [1.82, 2.24) is 9.88 Å². The number of hydrogen-bond donors (Lipinski definition) is 0.